The number of carboxylic acids is 1. The van der Waals surface area contributed by atoms with Crippen molar-refractivity contribution < 1.29 is 56.4 Å². The van der Waals surface area contributed by atoms with Crippen LogP contribution in [0.1, 0.15) is 48.0 Å². The molecule has 0 radical (unpaired) electrons. The molecule has 3 rings (SSSR count). The average molecular weight is 794 g/mol. The van der Waals surface area contributed by atoms with Gasteiger partial charge in [-0.25, -0.2) is 23.1 Å². The highest BCUT2D eigenvalue weighted by Crippen LogP contribution is 2.31. The van der Waals surface area contributed by atoms with E-state index < -0.39 is 62.2 Å². The second-order valence-electron chi connectivity index (χ2n) is 13.4. The molecule has 0 saturated heterocycles. The van der Waals surface area contributed by atoms with Crippen molar-refractivity contribution >= 4 is 68.0 Å². The molecule has 0 aliphatic carbocycles. The lowest BCUT2D eigenvalue weighted by molar-refractivity contribution is -0.135. The van der Waals surface area contributed by atoms with E-state index >= 15 is 0 Å². The molecule has 1 aromatic heterocycles. The predicted octanol–water partition coefficient (Wildman–Crippen LogP) is 3.36. The van der Waals surface area contributed by atoms with Crippen LogP contribution in [-0.2, 0) is 33.9 Å². The number of hydrogen-bond acceptors (Lipinski definition) is 16. The van der Waals surface area contributed by atoms with Crippen LogP contribution in [0.5, 0.6) is 11.5 Å². The number of aliphatic carboxylic acids is 1. The van der Waals surface area contributed by atoms with E-state index in [1.54, 1.807) is 77.9 Å². The molecule has 0 aliphatic heterocycles. The summed E-state index contributed by atoms with van der Waals surface area (Å²) in [5.41, 5.74) is -1.21. The van der Waals surface area contributed by atoms with Crippen LogP contribution in [0.25, 0.3) is 0 Å². The molecule has 294 valence electrons. The van der Waals surface area contributed by atoms with Crippen molar-refractivity contribution in [2.45, 2.75) is 63.5 Å². The second kappa shape index (κ2) is 18.5. The van der Waals surface area contributed by atoms with E-state index in [2.05, 4.69) is 20.8 Å². The third kappa shape index (κ3) is 14.8. The predicted molar refractivity (Wildman–Crippen MR) is 196 cm³/mol. The normalized spacial score (nSPS) is 11.5. The molecule has 19 nitrogen and oxygen atoms in total. The third-order valence-corrected chi connectivity index (χ3v) is 8.60. The van der Waals surface area contributed by atoms with Crippen molar-refractivity contribution in [3.05, 3.63) is 48.5 Å². The monoisotopic (exact) mass is 793 g/mol. The number of amides is 2. The highest BCUT2D eigenvalue weighted by Gasteiger charge is 2.25. The summed E-state index contributed by atoms with van der Waals surface area (Å²) in [7, 11) is -4.10. The number of primary sulfonamides is 1. The van der Waals surface area contributed by atoms with Crippen LogP contribution in [0, 0.1) is 0 Å². The summed E-state index contributed by atoms with van der Waals surface area (Å²) in [6, 6.07) is 12.6. The fourth-order valence-corrected chi connectivity index (χ4v) is 5.76. The number of anilines is 3. The number of nitrogens with two attached hydrogens (primary N) is 1. The number of rotatable bonds is 16. The van der Waals surface area contributed by atoms with E-state index in [0.717, 1.165) is 0 Å². The standard InChI is InChI=1S/C33H43N7O12S2/c1-32(2,3)51-30(45)49-23-13-9-7-11-21(23)39(19-26(42)35-16-15-25(41)36-28-37-38-29(53-28)54(34,47)48)17-18-40(20-27(43)44)22-12-8-10-14-24(22)50-31(46)52-33(4,5)6/h7-14H,15-20H2,1-6H3,(H,35,42)(H,43,44)(H2,34,47,48)(H,36,37,41). The van der Waals surface area contributed by atoms with Gasteiger partial charge in [-0.3, -0.25) is 14.4 Å². The maximum atomic E-state index is 13.3. The number of carboxylic acid groups (broad SMARTS) is 1. The summed E-state index contributed by atoms with van der Waals surface area (Å²) in [6.07, 6.45) is -2.23. The number of ether oxygens (including phenoxy) is 4. The zero-order valence-corrected chi connectivity index (χ0v) is 32.1. The number of nitrogens with one attached hydrogen (secondary N) is 2. The smallest absolute Gasteiger partial charge is 0.480 e. The lowest BCUT2D eigenvalue weighted by Gasteiger charge is -2.31. The first-order valence-corrected chi connectivity index (χ1v) is 18.6. The molecule has 0 aliphatic rings. The molecule has 0 atom stereocenters. The first kappa shape index (κ1) is 42.9. The Hall–Kier alpha value is -5.54. The Kier molecular flexibility index (Phi) is 14.7. The number of benzene rings is 2. The maximum absolute atomic E-state index is 13.3. The molecule has 5 N–H and O–H groups in total. The van der Waals surface area contributed by atoms with Crippen LogP contribution >= 0.6 is 11.3 Å². The van der Waals surface area contributed by atoms with Gasteiger partial charge in [0.2, 0.25) is 21.3 Å². The lowest BCUT2D eigenvalue weighted by atomic mass is 10.2. The van der Waals surface area contributed by atoms with Gasteiger partial charge in [-0.2, -0.15) is 0 Å². The van der Waals surface area contributed by atoms with Gasteiger partial charge in [0.25, 0.3) is 10.0 Å². The van der Waals surface area contributed by atoms with E-state index in [1.165, 1.54) is 21.9 Å². The Balaban J connectivity index is 1.83. The average Bonchev–Trinajstić information content (AvgIpc) is 3.50. The summed E-state index contributed by atoms with van der Waals surface area (Å²) in [5, 5.41) is 26.7. The van der Waals surface area contributed by atoms with Crippen LogP contribution in [0.2, 0.25) is 0 Å². The van der Waals surface area contributed by atoms with Gasteiger partial charge in [-0.15, -0.1) is 10.2 Å². The number of aromatic nitrogens is 2. The number of para-hydroxylation sites is 4. The van der Waals surface area contributed by atoms with Crippen molar-refractivity contribution in [1.82, 2.24) is 15.5 Å². The maximum Gasteiger partial charge on any atom is 0.514 e. The topological polar surface area (TPSA) is 259 Å². The van der Waals surface area contributed by atoms with Crippen LogP contribution < -0.4 is 35.0 Å². The number of hydrogen-bond donors (Lipinski definition) is 4. The van der Waals surface area contributed by atoms with Gasteiger partial charge >= 0.3 is 18.3 Å². The SMILES string of the molecule is CC(C)(C)OC(=O)Oc1ccccc1N(CCN(CC(=O)NCCC(=O)Nc1nnc(S(N)(=O)=O)s1)c1ccccc1OC(=O)OC(C)(C)C)CC(=O)O. The largest absolute Gasteiger partial charge is 0.514 e. The van der Waals surface area contributed by atoms with Crippen molar-refractivity contribution in [2.75, 3.05) is 47.8 Å². The van der Waals surface area contributed by atoms with Crippen molar-refractivity contribution in [3.63, 3.8) is 0 Å². The summed E-state index contributed by atoms with van der Waals surface area (Å²) in [4.78, 5) is 65.9. The first-order chi connectivity index (χ1) is 25.1. The number of carbonyl (C=O) groups excluding carboxylic acids is 4. The minimum Gasteiger partial charge on any atom is -0.480 e. The van der Waals surface area contributed by atoms with Crippen LogP contribution in [0.15, 0.2) is 52.9 Å². The molecule has 0 spiro atoms. The molecule has 3 aromatic rings. The van der Waals surface area contributed by atoms with Gasteiger partial charge in [0, 0.05) is 26.1 Å². The van der Waals surface area contributed by atoms with Crippen molar-refractivity contribution in [1.29, 1.82) is 0 Å². The van der Waals surface area contributed by atoms with E-state index in [4.69, 9.17) is 24.1 Å². The van der Waals surface area contributed by atoms with E-state index in [0.29, 0.717) is 11.3 Å². The molecule has 0 bridgehead atoms. The molecule has 1 heterocycles. The fraction of sp³-hybridized carbons (Fsp3) is 0.424. The van der Waals surface area contributed by atoms with Crippen LogP contribution in [-0.4, -0.2) is 97.7 Å². The molecule has 0 fully saturated rings. The molecular weight excluding hydrogens is 751 g/mol. The Morgan fingerprint density at radius 1 is 0.778 bits per heavy atom. The van der Waals surface area contributed by atoms with Gasteiger partial charge in [0.15, 0.2) is 11.5 Å². The van der Waals surface area contributed by atoms with E-state index in [9.17, 15) is 37.5 Å². The summed E-state index contributed by atoms with van der Waals surface area (Å²) >= 11 is 0.560. The van der Waals surface area contributed by atoms with Crippen LogP contribution in [0.3, 0.4) is 0 Å². The Morgan fingerprint density at radius 2 is 1.26 bits per heavy atom. The summed E-state index contributed by atoms with van der Waals surface area (Å²) in [6.45, 7) is 8.83. The Bertz CT molecular complexity index is 1920. The van der Waals surface area contributed by atoms with Gasteiger partial charge in [0.05, 0.1) is 17.9 Å². The molecule has 2 aromatic carbocycles. The lowest BCUT2D eigenvalue weighted by Crippen LogP contribution is -2.43. The molecule has 0 unspecified atom stereocenters. The molecule has 0 saturated carbocycles. The van der Waals surface area contributed by atoms with Crippen LogP contribution in [0.4, 0.5) is 26.1 Å². The van der Waals surface area contributed by atoms with Gasteiger partial charge in [-0.05, 0) is 65.8 Å². The van der Waals surface area contributed by atoms with Crippen molar-refractivity contribution in [2.24, 2.45) is 5.14 Å². The molecular formula is C33H43N7O12S2. The van der Waals surface area contributed by atoms with E-state index in [-0.39, 0.29) is 60.6 Å². The highest BCUT2D eigenvalue weighted by molar-refractivity contribution is 7.91. The summed E-state index contributed by atoms with van der Waals surface area (Å²) in [5.74, 6) is -2.31. The minimum atomic E-state index is -4.10. The van der Waals surface area contributed by atoms with Crippen molar-refractivity contribution in [3.8, 4) is 11.5 Å². The van der Waals surface area contributed by atoms with Gasteiger partial charge in [-0.1, -0.05) is 35.6 Å². The third-order valence-electron chi connectivity index (χ3n) is 6.45. The van der Waals surface area contributed by atoms with Gasteiger partial charge in [0.1, 0.15) is 17.7 Å². The summed E-state index contributed by atoms with van der Waals surface area (Å²) < 4.78 is 43.9. The first-order valence-electron chi connectivity index (χ1n) is 16.2. The quantitative estimate of drug-likeness (QED) is 0.0921. The van der Waals surface area contributed by atoms with E-state index in [1.807, 2.05) is 0 Å². The number of nitrogens with zero attached hydrogens (tertiary/aromatic N) is 4. The molecule has 21 heteroatoms. The molecule has 54 heavy (non-hydrogen) atoms. The molecule has 2 amide bonds. The number of sulfonamides is 1. The Morgan fingerprint density at radius 3 is 1.70 bits per heavy atom. The number of carbonyl (C=O) groups is 5. The minimum absolute atomic E-state index is 0.0265. The Labute approximate surface area is 315 Å². The second-order valence-corrected chi connectivity index (χ2v) is 16.1. The fourth-order valence-electron chi connectivity index (χ4n) is 4.41. The zero-order chi connectivity index (χ0) is 40.3. The van der Waals surface area contributed by atoms with Gasteiger partial charge < -0.3 is 44.5 Å². The zero-order valence-electron chi connectivity index (χ0n) is 30.5. The highest BCUT2D eigenvalue weighted by atomic mass is 32.2.